The van der Waals surface area contributed by atoms with Crippen LogP contribution in [-0.4, -0.2) is 28.5 Å². The molecule has 8 heteroatoms. The van der Waals surface area contributed by atoms with Gasteiger partial charge in [0.15, 0.2) is 0 Å². The Morgan fingerprint density at radius 3 is 2.79 bits per heavy atom. The van der Waals surface area contributed by atoms with E-state index in [0.29, 0.717) is 6.54 Å². The first kappa shape index (κ1) is 14.5. The maximum Gasteiger partial charge on any atom is 0.452 e. The largest absolute Gasteiger partial charge is 0.452 e. The molecule has 1 aromatic rings. The second-order valence-electron chi connectivity index (χ2n) is 5.40. The van der Waals surface area contributed by atoms with Crippen molar-refractivity contribution in [3.8, 4) is 0 Å². The molecule has 0 amide bonds. The molecule has 2 heterocycles. The minimum atomic E-state index is -4.47. The maximum absolute atomic E-state index is 12.4. The first-order valence-electron chi connectivity index (χ1n) is 6.17. The van der Waals surface area contributed by atoms with Gasteiger partial charge in [-0.3, -0.25) is 0 Å². The van der Waals surface area contributed by atoms with Gasteiger partial charge in [-0.2, -0.15) is 22.5 Å². The van der Waals surface area contributed by atoms with Gasteiger partial charge in [-0.15, -0.1) is 0 Å². The van der Waals surface area contributed by atoms with E-state index in [2.05, 4.69) is 33.8 Å². The zero-order chi connectivity index (χ0) is 14.1. The second-order valence-corrected chi connectivity index (χ2v) is 6.15. The zero-order valence-corrected chi connectivity index (χ0v) is 11.7. The van der Waals surface area contributed by atoms with E-state index in [1.807, 2.05) is 0 Å². The van der Waals surface area contributed by atoms with Gasteiger partial charge >= 0.3 is 6.18 Å². The smallest absolute Gasteiger partial charge is 0.359 e. The van der Waals surface area contributed by atoms with Crippen molar-refractivity contribution < 1.29 is 13.2 Å². The standard InChI is InChI=1S/C11H17F3N4S/c1-10(2)4-3-5-15-7(10)6-16-9-17-8(18-19-9)11(12,13)14/h7,15H,3-6H2,1-2H3,(H,16,17,18). The van der Waals surface area contributed by atoms with E-state index in [4.69, 9.17) is 0 Å². The van der Waals surface area contributed by atoms with E-state index >= 15 is 0 Å². The van der Waals surface area contributed by atoms with Crippen LogP contribution in [0.1, 0.15) is 32.5 Å². The van der Waals surface area contributed by atoms with Crippen LogP contribution in [-0.2, 0) is 6.18 Å². The molecular formula is C11H17F3N4S. The van der Waals surface area contributed by atoms with Crippen LogP contribution in [0.25, 0.3) is 0 Å². The highest BCUT2D eigenvalue weighted by Crippen LogP contribution is 2.31. The third-order valence-corrected chi connectivity index (χ3v) is 4.14. The number of nitrogens with one attached hydrogen (secondary N) is 2. The highest BCUT2D eigenvalue weighted by molar-refractivity contribution is 7.09. The summed E-state index contributed by atoms with van der Waals surface area (Å²) in [6.45, 7) is 5.82. The molecule has 0 spiro atoms. The highest BCUT2D eigenvalue weighted by atomic mass is 32.1. The summed E-state index contributed by atoms with van der Waals surface area (Å²) in [4.78, 5) is 3.46. The summed E-state index contributed by atoms with van der Waals surface area (Å²) in [6, 6.07) is 0.222. The Bertz CT molecular complexity index is 430. The van der Waals surface area contributed by atoms with E-state index in [9.17, 15) is 13.2 Å². The molecule has 0 saturated carbocycles. The van der Waals surface area contributed by atoms with Crippen molar-refractivity contribution in [1.82, 2.24) is 14.7 Å². The summed E-state index contributed by atoms with van der Waals surface area (Å²) in [5.74, 6) is -1.07. The number of alkyl halides is 3. The Hall–Kier alpha value is -0.890. The zero-order valence-electron chi connectivity index (χ0n) is 10.8. The van der Waals surface area contributed by atoms with Gasteiger partial charge in [0.1, 0.15) is 0 Å². The summed E-state index contributed by atoms with van der Waals surface area (Å²) < 4.78 is 40.4. The molecule has 108 valence electrons. The Morgan fingerprint density at radius 2 is 2.21 bits per heavy atom. The SMILES string of the molecule is CC1(C)CCCNC1CNc1nc(C(F)(F)F)ns1. The summed E-state index contributed by atoms with van der Waals surface area (Å²) >= 11 is 0.745. The van der Waals surface area contributed by atoms with Crippen molar-refractivity contribution in [1.29, 1.82) is 0 Å². The molecule has 0 bridgehead atoms. The topological polar surface area (TPSA) is 49.8 Å². The Morgan fingerprint density at radius 1 is 1.47 bits per heavy atom. The minimum absolute atomic E-state index is 0.128. The Balaban J connectivity index is 1.93. The number of hydrogen-bond donors (Lipinski definition) is 2. The Kier molecular flexibility index (Phi) is 4.00. The lowest BCUT2D eigenvalue weighted by Gasteiger charge is -2.39. The van der Waals surface area contributed by atoms with E-state index in [1.165, 1.54) is 0 Å². The van der Waals surface area contributed by atoms with Gasteiger partial charge in [0.05, 0.1) is 0 Å². The molecule has 0 radical (unpaired) electrons. The lowest BCUT2D eigenvalue weighted by atomic mass is 9.77. The van der Waals surface area contributed by atoms with Gasteiger partial charge in [-0.1, -0.05) is 13.8 Å². The first-order valence-corrected chi connectivity index (χ1v) is 6.94. The predicted molar refractivity (Wildman–Crippen MR) is 68.2 cm³/mol. The van der Waals surface area contributed by atoms with Crippen molar-refractivity contribution in [2.75, 3.05) is 18.4 Å². The fourth-order valence-corrected chi connectivity index (χ4v) is 2.81. The molecule has 1 saturated heterocycles. The number of halogens is 3. The summed E-state index contributed by atoms with van der Waals surface area (Å²) in [5.41, 5.74) is 0.128. The van der Waals surface area contributed by atoms with Crippen LogP contribution >= 0.6 is 11.5 Å². The van der Waals surface area contributed by atoms with E-state index < -0.39 is 12.0 Å². The van der Waals surface area contributed by atoms with Crippen LogP contribution in [0.15, 0.2) is 0 Å². The lowest BCUT2D eigenvalue weighted by molar-refractivity contribution is -0.144. The molecule has 1 aliphatic rings. The molecule has 0 aliphatic carbocycles. The third kappa shape index (κ3) is 3.56. The average Bonchev–Trinajstić information content (AvgIpc) is 2.75. The highest BCUT2D eigenvalue weighted by Gasteiger charge is 2.36. The van der Waals surface area contributed by atoms with Crippen molar-refractivity contribution in [2.24, 2.45) is 5.41 Å². The van der Waals surface area contributed by atoms with Crippen molar-refractivity contribution in [3.05, 3.63) is 5.82 Å². The fraction of sp³-hybridized carbons (Fsp3) is 0.818. The van der Waals surface area contributed by atoms with Gasteiger partial charge in [0, 0.05) is 24.1 Å². The molecule has 2 N–H and O–H groups in total. The molecule has 1 atom stereocenters. The van der Waals surface area contributed by atoms with Gasteiger partial charge in [0.25, 0.3) is 0 Å². The summed E-state index contributed by atoms with van der Waals surface area (Å²) in [7, 11) is 0. The van der Waals surface area contributed by atoms with Crippen LogP contribution in [0.2, 0.25) is 0 Å². The quantitative estimate of drug-likeness (QED) is 0.900. The molecule has 1 fully saturated rings. The fourth-order valence-electron chi connectivity index (χ4n) is 2.22. The number of piperidine rings is 1. The molecule has 1 aromatic heterocycles. The average molecular weight is 294 g/mol. The molecule has 4 nitrogen and oxygen atoms in total. The summed E-state index contributed by atoms with van der Waals surface area (Å²) in [6.07, 6.45) is -2.24. The van der Waals surface area contributed by atoms with E-state index in [0.717, 1.165) is 30.9 Å². The molecular weight excluding hydrogens is 277 g/mol. The number of hydrogen-bond acceptors (Lipinski definition) is 5. The second kappa shape index (κ2) is 5.24. The van der Waals surface area contributed by atoms with Crippen LogP contribution in [0.3, 0.4) is 0 Å². The predicted octanol–water partition coefficient (Wildman–Crippen LogP) is 2.75. The number of aromatic nitrogens is 2. The monoisotopic (exact) mass is 294 g/mol. The maximum atomic E-state index is 12.4. The molecule has 19 heavy (non-hydrogen) atoms. The normalized spacial score (nSPS) is 23.3. The third-order valence-electron chi connectivity index (χ3n) is 3.47. The van der Waals surface area contributed by atoms with Crippen LogP contribution in [0.4, 0.5) is 18.3 Å². The number of nitrogens with zero attached hydrogens (tertiary/aromatic N) is 2. The van der Waals surface area contributed by atoms with Gasteiger partial charge < -0.3 is 10.6 Å². The lowest BCUT2D eigenvalue weighted by Crippen LogP contribution is -2.50. The van der Waals surface area contributed by atoms with Crippen molar-refractivity contribution in [3.63, 3.8) is 0 Å². The van der Waals surface area contributed by atoms with Crippen LogP contribution in [0.5, 0.6) is 0 Å². The molecule has 2 rings (SSSR count). The number of anilines is 1. The number of rotatable bonds is 3. The van der Waals surface area contributed by atoms with Gasteiger partial charge in [-0.05, 0) is 24.8 Å². The van der Waals surface area contributed by atoms with Crippen molar-refractivity contribution in [2.45, 2.75) is 38.9 Å². The van der Waals surface area contributed by atoms with Gasteiger partial charge in [-0.25, -0.2) is 0 Å². The van der Waals surface area contributed by atoms with Crippen LogP contribution < -0.4 is 10.6 Å². The van der Waals surface area contributed by atoms with Crippen LogP contribution in [0, 0.1) is 5.41 Å². The minimum Gasteiger partial charge on any atom is -0.359 e. The molecule has 1 unspecified atom stereocenters. The Labute approximate surface area is 114 Å². The van der Waals surface area contributed by atoms with Gasteiger partial charge in [0.2, 0.25) is 11.0 Å². The van der Waals surface area contributed by atoms with Crippen molar-refractivity contribution >= 4 is 16.7 Å². The molecule has 0 aromatic carbocycles. The van der Waals surface area contributed by atoms with E-state index in [-0.39, 0.29) is 16.6 Å². The van der Waals surface area contributed by atoms with E-state index in [1.54, 1.807) is 0 Å². The first-order chi connectivity index (χ1) is 8.79. The summed E-state index contributed by atoms with van der Waals surface area (Å²) in [5, 5.41) is 6.55. The molecule has 1 aliphatic heterocycles.